The van der Waals surface area contributed by atoms with Gasteiger partial charge in [0.2, 0.25) is 15.8 Å². The quantitative estimate of drug-likeness (QED) is 0.379. The molecule has 0 amide bonds. The predicted molar refractivity (Wildman–Crippen MR) is 132 cm³/mol. The van der Waals surface area contributed by atoms with Crippen molar-refractivity contribution in [1.29, 1.82) is 0 Å². The van der Waals surface area contributed by atoms with Gasteiger partial charge in [0.15, 0.2) is 5.60 Å². The van der Waals surface area contributed by atoms with Crippen LogP contribution in [0.25, 0.3) is 0 Å². The predicted octanol–water partition coefficient (Wildman–Crippen LogP) is 5.00. The summed E-state index contributed by atoms with van der Waals surface area (Å²) in [6, 6.07) is 9.02. The number of hydrogen-bond donors (Lipinski definition) is 0. The molecule has 1 aliphatic heterocycles. The summed E-state index contributed by atoms with van der Waals surface area (Å²) < 4.78 is 42.5. The summed E-state index contributed by atoms with van der Waals surface area (Å²) in [5.74, 6) is -1.64. The lowest BCUT2D eigenvalue weighted by atomic mass is 9.68. The number of ether oxygens (including phenoxy) is 2. The Morgan fingerprint density at radius 1 is 1.15 bits per heavy atom. The van der Waals surface area contributed by atoms with Gasteiger partial charge in [-0.1, -0.05) is 50.3 Å². The molecule has 188 valence electrons. The topological polar surface area (TPSA) is 72.9 Å². The zero-order valence-corrected chi connectivity index (χ0v) is 22.2. The van der Waals surface area contributed by atoms with Crippen molar-refractivity contribution in [2.24, 2.45) is 16.7 Å². The van der Waals surface area contributed by atoms with Gasteiger partial charge in [-0.05, 0) is 57.4 Å². The van der Waals surface area contributed by atoms with Crippen molar-refractivity contribution in [2.75, 3.05) is 5.75 Å². The van der Waals surface area contributed by atoms with Gasteiger partial charge in [-0.3, -0.25) is 0 Å². The Bertz CT molecular complexity index is 1060. The SMILES string of the molecule is C=CC[C@@]1(c2ccccc2)O[C@@]2(C[C@H]3CC[C@]2(CS(=O)(=O)N(C(C)C)C(C)C)C3(C)C)OC1=O. The first-order chi connectivity index (χ1) is 15.8. The summed E-state index contributed by atoms with van der Waals surface area (Å²) in [5, 5.41) is 0. The number of benzene rings is 1. The minimum atomic E-state index is -3.67. The Labute approximate surface area is 204 Å². The molecule has 7 heteroatoms. The maximum Gasteiger partial charge on any atom is 0.346 e. The zero-order valence-electron chi connectivity index (χ0n) is 21.3. The van der Waals surface area contributed by atoms with Gasteiger partial charge in [0.1, 0.15) is 0 Å². The van der Waals surface area contributed by atoms with Crippen LogP contribution in [0.15, 0.2) is 43.0 Å². The number of hydrogen-bond acceptors (Lipinski definition) is 5. The first kappa shape index (κ1) is 25.4. The third-order valence-corrected chi connectivity index (χ3v) is 11.1. The van der Waals surface area contributed by atoms with E-state index in [1.54, 1.807) is 10.4 Å². The highest BCUT2D eigenvalue weighted by atomic mass is 32.2. The Morgan fingerprint density at radius 3 is 2.29 bits per heavy atom. The molecule has 0 aromatic heterocycles. The summed E-state index contributed by atoms with van der Waals surface area (Å²) in [6.07, 6.45) is 3.98. The van der Waals surface area contributed by atoms with Crippen LogP contribution in [0.2, 0.25) is 0 Å². The van der Waals surface area contributed by atoms with E-state index in [4.69, 9.17) is 9.47 Å². The Balaban J connectivity index is 1.84. The van der Waals surface area contributed by atoms with Crippen LogP contribution < -0.4 is 0 Å². The normalized spacial score (nSPS) is 34.5. The van der Waals surface area contributed by atoms with Gasteiger partial charge in [0.25, 0.3) is 0 Å². The molecular formula is C27H39NO5S. The van der Waals surface area contributed by atoms with Gasteiger partial charge in [-0.2, -0.15) is 4.31 Å². The van der Waals surface area contributed by atoms with Crippen molar-refractivity contribution in [3.8, 4) is 0 Å². The van der Waals surface area contributed by atoms with Gasteiger partial charge in [-0.25, -0.2) is 13.2 Å². The lowest BCUT2D eigenvalue weighted by Crippen LogP contribution is -2.57. The molecule has 3 aliphatic rings. The first-order valence-electron chi connectivity index (χ1n) is 12.4. The highest BCUT2D eigenvalue weighted by Crippen LogP contribution is 2.74. The van der Waals surface area contributed by atoms with Crippen LogP contribution in [0, 0.1) is 16.7 Å². The summed E-state index contributed by atoms with van der Waals surface area (Å²) in [5.41, 5.74) is -1.84. The molecule has 34 heavy (non-hydrogen) atoms. The van der Waals surface area contributed by atoms with Crippen LogP contribution in [0.3, 0.4) is 0 Å². The largest absolute Gasteiger partial charge is 0.430 e. The average Bonchev–Trinajstić information content (AvgIpc) is 3.20. The van der Waals surface area contributed by atoms with E-state index in [1.807, 2.05) is 58.0 Å². The van der Waals surface area contributed by atoms with Crippen LogP contribution in [0.1, 0.15) is 72.8 Å². The summed E-state index contributed by atoms with van der Waals surface area (Å²) in [4.78, 5) is 13.6. The lowest BCUT2D eigenvalue weighted by Gasteiger charge is -2.47. The molecule has 2 bridgehead atoms. The number of rotatable bonds is 8. The van der Waals surface area contributed by atoms with Crippen molar-refractivity contribution in [3.05, 3.63) is 48.6 Å². The van der Waals surface area contributed by atoms with Crippen LogP contribution >= 0.6 is 0 Å². The molecule has 2 saturated carbocycles. The van der Waals surface area contributed by atoms with Crippen molar-refractivity contribution in [1.82, 2.24) is 4.31 Å². The number of nitrogens with zero attached hydrogens (tertiary/aromatic N) is 1. The average molecular weight is 490 g/mol. The Morgan fingerprint density at radius 2 is 1.76 bits per heavy atom. The molecule has 1 aromatic rings. The van der Waals surface area contributed by atoms with E-state index in [1.165, 1.54) is 0 Å². The molecule has 4 rings (SSSR count). The van der Waals surface area contributed by atoms with E-state index in [0.29, 0.717) is 18.4 Å². The van der Waals surface area contributed by atoms with E-state index in [0.717, 1.165) is 6.42 Å². The van der Waals surface area contributed by atoms with E-state index >= 15 is 0 Å². The number of carbonyl (C=O) groups is 1. The van der Waals surface area contributed by atoms with E-state index in [-0.39, 0.29) is 35.6 Å². The first-order valence-corrected chi connectivity index (χ1v) is 14.0. The second-order valence-electron chi connectivity index (χ2n) is 11.4. The second-order valence-corrected chi connectivity index (χ2v) is 13.3. The van der Waals surface area contributed by atoms with Crippen molar-refractivity contribution in [3.63, 3.8) is 0 Å². The van der Waals surface area contributed by atoms with Crippen molar-refractivity contribution >= 4 is 16.0 Å². The Hall–Kier alpha value is -1.70. The molecule has 0 N–H and O–H groups in total. The highest BCUT2D eigenvalue weighted by Gasteiger charge is 2.79. The Kier molecular flexibility index (Phi) is 6.10. The summed E-state index contributed by atoms with van der Waals surface area (Å²) >= 11 is 0. The fourth-order valence-electron chi connectivity index (χ4n) is 7.23. The van der Waals surface area contributed by atoms with Gasteiger partial charge in [0.05, 0.1) is 11.2 Å². The lowest BCUT2D eigenvalue weighted by molar-refractivity contribution is -0.257. The third kappa shape index (κ3) is 3.34. The summed E-state index contributed by atoms with van der Waals surface area (Å²) in [6.45, 7) is 15.7. The second kappa shape index (κ2) is 8.17. The number of fused-ring (bicyclic) bond motifs is 3. The molecular weight excluding hydrogens is 450 g/mol. The molecule has 2 aliphatic carbocycles. The monoisotopic (exact) mass is 489 g/mol. The smallest absolute Gasteiger partial charge is 0.346 e. The van der Waals surface area contributed by atoms with Crippen LogP contribution in [0.5, 0.6) is 0 Å². The third-order valence-electron chi connectivity index (χ3n) is 8.78. The van der Waals surface area contributed by atoms with Gasteiger partial charge in [-0.15, -0.1) is 6.58 Å². The standard InChI is InChI=1S/C27H39NO5S/c1-8-15-26(21-12-10-9-11-13-21)23(29)32-27(33-26)17-22-14-16-25(27,24(22,6)7)18-34(30,31)28(19(2)3)20(4)5/h8-13,19-20,22H,1,14-18H2,2-7H3/t22-,25+,26+,27-/m1/s1. The van der Waals surface area contributed by atoms with Gasteiger partial charge in [0, 0.05) is 24.9 Å². The maximum atomic E-state index is 13.9. The fraction of sp³-hybridized carbons (Fsp3) is 0.667. The van der Waals surface area contributed by atoms with Crippen molar-refractivity contribution < 1.29 is 22.7 Å². The molecule has 0 radical (unpaired) electrons. The molecule has 6 nitrogen and oxygen atoms in total. The van der Waals surface area contributed by atoms with Gasteiger partial charge >= 0.3 is 5.97 Å². The molecule has 3 fully saturated rings. The molecule has 4 atom stereocenters. The zero-order chi connectivity index (χ0) is 25.2. The van der Waals surface area contributed by atoms with Gasteiger partial charge < -0.3 is 9.47 Å². The molecule has 1 aromatic carbocycles. The van der Waals surface area contributed by atoms with Crippen molar-refractivity contribution in [2.45, 2.75) is 90.7 Å². The van der Waals surface area contributed by atoms with E-state index in [9.17, 15) is 13.2 Å². The number of esters is 1. The molecule has 1 heterocycles. The van der Waals surface area contributed by atoms with E-state index < -0.39 is 32.8 Å². The molecule has 0 unspecified atom stereocenters. The minimum Gasteiger partial charge on any atom is -0.430 e. The van der Waals surface area contributed by atoms with Crippen LogP contribution in [0.4, 0.5) is 0 Å². The van der Waals surface area contributed by atoms with Crippen LogP contribution in [-0.2, 0) is 29.9 Å². The maximum absolute atomic E-state index is 13.9. The van der Waals surface area contributed by atoms with Crippen LogP contribution in [-0.4, -0.2) is 42.3 Å². The fourth-order valence-corrected chi connectivity index (χ4v) is 10.0. The molecule has 1 saturated heterocycles. The highest BCUT2D eigenvalue weighted by molar-refractivity contribution is 7.89. The summed E-state index contributed by atoms with van der Waals surface area (Å²) in [7, 11) is -3.67. The minimum absolute atomic E-state index is 0.105. The number of carbonyl (C=O) groups excluding carboxylic acids is 1. The molecule has 1 spiro atoms. The number of sulfonamides is 1. The van der Waals surface area contributed by atoms with E-state index in [2.05, 4.69) is 20.4 Å².